The number of aliphatic hydroxyl groups excluding tert-OH is 1. The van der Waals surface area contributed by atoms with E-state index in [-0.39, 0.29) is 12.1 Å². The number of unbranched alkanes of at least 4 members (excludes halogenated alkanes) is 1. The highest BCUT2D eigenvalue weighted by Crippen LogP contribution is 2.26. The summed E-state index contributed by atoms with van der Waals surface area (Å²) in [4.78, 5) is 2.57. The fourth-order valence-corrected chi connectivity index (χ4v) is 4.10. The summed E-state index contributed by atoms with van der Waals surface area (Å²) in [5.74, 6) is 0.901. The van der Waals surface area contributed by atoms with Gasteiger partial charge in [0.2, 0.25) is 0 Å². The molecule has 1 aliphatic heterocycles. The van der Waals surface area contributed by atoms with Crippen LogP contribution in [-0.4, -0.2) is 54.4 Å². The summed E-state index contributed by atoms with van der Waals surface area (Å²) < 4.78 is 6.13. The normalized spacial score (nSPS) is 27.5. The lowest BCUT2D eigenvalue weighted by Gasteiger charge is -2.35. The second kappa shape index (κ2) is 9.56. The minimum Gasteiger partial charge on any atom is -0.487 e. The van der Waals surface area contributed by atoms with E-state index in [1.165, 1.54) is 45.3 Å². The van der Waals surface area contributed by atoms with Gasteiger partial charge in [-0.05, 0) is 89.7 Å². The van der Waals surface area contributed by atoms with E-state index in [4.69, 9.17) is 4.74 Å². The zero-order chi connectivity index (χ0) is 17.5. The summed E-state index contributed by atoms with van der Waals surface area (Å²) in [6.45, 7) is 6.85. The van der Waals surface area contributed by atoms with Gasteiger partial charge in [-0.15, -0.1) is 0 Å². The van der Waals surface area contributed by atoms with Crippen LogP contribution in [0.3, 0.4) is 0 Å². The Balaban J connectivity index is 1.39. The van der Waals surface area contributed by atoms with Gasteiger partial charge in [0, 0.05) is 6.04 Å². The quantitative estimate of drug-likeness (QED) is 0.710. The summed E-state index contributed by atoms with van der Waals surface area (Å²) in [6, 6.07) is 8.23. The van der Waals surface area contributed by atoms with Gasteiger partial charge in [0.15, 0.2) is 0 Å². The van der Waals surface area contributed by atoms with Gasteiger partial charge in [-0.3, -0.25) is 0 Å². The Morgan fingerprint density at radius 2 is 1.92 bits per heavy atom. The molecule has 4 nitrogen and oxygen atoms in total. The van der Waals surface area contributed by atoms with Crippen molar-refractivity contribution in [3.8, 4) is 5.75 Å². The topological polar surface area (TPSA) is 44.7 Å². The number of rotatable bonds is 8. The highest BCUT2D eigenvalue weighted by atomic mass is 16.5. The first-order valence-electron chi connectivity index (χ1n) is 10.1. The first-order valence-corrected chi connectivity index (χ1v) is 10.1. The molecule has 0 aromatic heterocycles. The molecule has 1 aliphatic carbocycles. The molecule has 0 amide bonds. The Hall–Kier alpha value is -1.10. The van der Waals surface area contributed by atoms with Crippen molar-refractivity contribution < 1.29 is 9.84 Å². The lowest BCUT2D eigenvalue weighted by molar-refractivity contribution is -0.0155. The van der Waals surface area contributed by atoms with Crippen LogP contribution in [0, 0.1) is 6.92 Å². The van der Waals surface area contributed by atoms with Crippen molar-refractivity contribution >= 4 is 0 Å². The van der Waals surface area contributed by atoms with Crippen LogP contribution in [0.5, 0.6) is 5.75 Å². The van der Waals surface area contributed by atoms with Gasteiger partial charge in [-0.1, -0.05) is 18.2 Å². The minimum atomic E-state index is -0.424. The molecule has 4 heteroatoms. The SMILES string of the molecule is Cc1ccccc1O[C@@H]1CCC[C@H](NCCCCN2CCCC2)[C@H]1O. The van der Waals surface area contributed by atoms with Crippen molar-refractivity contribution in [2.45, 2.75) is 70.1 Å². The second-order valence-corrected chi connectivity index (χ2v) is 7.66. The molecule has 1 saturated heterocycles. The molecular formula is C21H34N2O2. The molecule has 25 heavy (non-hydrogen) atoms. The molecule has 0 unspecified atom stereocenters. The molecule has 1 aromatic carbocycles. The van der Waals surface area contributed by atoms with E-state index in [1.807, 2.05) is 18.2 Å². The maximum absolute atomic E-state index is 10.7. The smallest absolute Gasteiger partial charge is 0.126 e. The van der Waals surface area contributed by atoms with Crippen molar-refractivity contribution in [2.75, 3.05) is 26.2 Å². The average molecular weight is 347 g/mol. The van der Waals surface area contributed by atoms with Gasteiger partial charge < -0.3 is 20.1 Å². The predicted octanol–water partition coefficient (Wildman–Crippen LogP) is 3.12. The third-order valence-corrected chi connectivity index (χ3v) is 5.68. The molecule has 0 bridgehead atoms. The highest BCUT2D eigenvalue weighted by molar-refractivity contribution is 5.32. The molecule has 2 N–H and O–H groups in total. The van der Waals surface area contributed by atoms with Crippen LogP contribution in [-0.2, 0) is 0 Å². The maximum atomic E-state index is 10.7. The van der Waals surface area contributed by atoms with Crippen LogP contribution >= 0.6 is 0 Å². The number of aliphatic hydroxyl groups is 1. The number of benzene rings is 1. The molecule has 0 spiro atoms. The lowest BCUT2D eigenvalue weighted by atomic mass is 9.89. The van der Waals surface area contributed by atoms with Crippen LogP contribution in [0.2, 0.25) is 0 Å². The van der Waals surface area contributed by atoms with E-state index in [1.54, 1.807) is 0 Å². The van der Waals surface area contributed by atoms with Crippen molar-refractivity contribution in [2.24, 2.45) is 0 Å². The number of aryl methyl sites for hydroxylation is 1. The molecule has 140 valence electrons. The van der Waals surface area contributed by atoms with Crippen LogP contribution in [0.25, 0.3) is 0 Å². The number of nitrogens with zero attached hydrogens (tertiary/aromatic N) is 1. The average Bonchev–Trinajstić information content (AvgIpc) is 3.13. The fourth-order valence-electron chi connectivity index (χ4n) is 4.10. The van der Waals surface area contributed by atoms with Gasteiger partial charge in [0.25, 0.3) is 0 Å². The molecule has 1 heterocycles. The van der Waals surface area contributed by atoms with E-state index >= 15 is 0 Å². The number of para-hydroxylation sites is 1. The monoisotopic (exact) mass is 346 g/mol. The lowest BCUT2D eigenvalue weighted by Crippen LogP contribution is -2.51. The van der Waals surface area contributed by atoms with Crippen LogP contribution in [0.4, 0.5) is 0 Å². The van der Waals surface area contributed by atoms with E-state index in [9.17, 15) is 5.11 Å². The van der Waals surface area contributed by atoms with E-state index < -0.39 is 6.10 Å². The Labute approximate surface area is 152 Å². The number of likely N-dealkylation sites (tertiary alicyclic amines) is 1. The number of nitrogens with one attached hydrogen (secondary N) is 1. The van der Waals surface area contributed by atoms with Gasteiger partial charge in [0.1, 0.15) is 18.0 Å². The minimum absolute atomic E-state index is 0.100. The van der Waals surface area contributed by atoms with Crippen LogP contribution < -0.4 is 10.1 Å². The Morgan fingerprint density at radius 3 is 2.72 bits per heavy atom. The summed E-state index contributed by atoms with van der Waals surface area (Å²) >= 11 is 0. The first kappa shape index (κ1) is 18.7. The van der Waals surface area contributed by atoms with Gasteiger partial charge in [0.05, 0.1) is 0 Å². The van der Waals surface area contributed by atoms with Crippen molar-refractivity contribution in [1.29, 1.82) is 0 Å². The molecule has 3 rings (SSSR count). The van der Waals surface area contributed by atoms with Crippen molar-refractivity contribution in [3.63, 3.8) is 0 Å². The molecule has 0 radical (unpaired) electrons. The van der Waals surface area contributed by atoms with Gasteiger partial charge >= 0.3 is 0 Å². The predicted molar refractivity (Wildman–Crippen MR) is 102 cm³/mol. The molecule has 2 aliphatic rings. The Morgan fingerprint density at radius 1 is 1.12 bits per heavy atom. The molecule has 3 atom stereocenters. The number of hydrogen-bond acceptors (Lipinski definition) is 4. The van der Waals surface area contributed by atoms with Gasteiger partial charge in [-0.25, -0.2) is 0 Å². The van der Waals surface area contributed by atoms with Crippen molar-refractivity contribution in [1.82, 2.24) is 10.2 Å². The third kappa shape index (κ3) is 5.44. The van der Waals surface area contributed by atoms with Gasteiger partial charge in [-0.2, -0.15) is 0 Å². The largest absolute Gasteiger partial charge is 0.487 e. The standard InChI is InChI=1S/C21H34N2O2/c1-17-9-2-3-11-19(17)25-20-12-8-10-18(21(20)24)22-13-4-5-14-23-15-6-7-16-23/h2-3,9,11,18,20-22,24H,4-8,10,12-16H2,1H3/t18-,20+,21+/m0/s1. The zero-order valence-corrected chi connectivity index (χ0v) is 15.6. The molecule has 1 aromatic rings. The molecular weight excluding hydrogens is 312 g/mol. The van der Waals surface area contributed by atoms with E-state index in [0.717, 1.165) is 37.1 Å². The number of ether oxygens (including phenoxy) is 1. The second-order valence-electron chi connectivity index (χ2n) is 7.66. The number of hydrogen-bond donors (Lipinski definition) is 2. The fraction of sp³-hybridized carbons (Fsp3) is 0.714. The first-order chi connectivity index (χ1) is 12.2. The molecule has 2 fully saturated rings. The molecule has 1 saturated carbocycles. The van der Waals surface area contributed by atoms with Crippen molar-refractivity contribution in [3.05, 3.63) is 29.8 Å². The summed E-state index contributed by atoms with van der Waals surface area (Å²) in [6.07, 6.45) is 7.73. The third-order valence-electron chi connectivity index (χ3n) is 5.68. The zero-order valence-electron chi connectivity index (χ0n) is 15.6. The Kier molecular flexibility index (Phi) is 7.14. The van der Waals surface area contributed by atoms with E-state index in [2.05, 4.69) is 23.2 Å². The Bertz CT molecular complexity index is 516. The summed E-state index contributed by atoms with van der Waals surface area (Å²) in [5.41, 5.74) is 1.13. The summed E-state index contributed by atoms with van der Waals surface area (Å²) in [7, 11) is 0. The van der Waals surface area contributed by atoms with Crippen LogP contribution in [0.15, 0.2) is 24.3 Å². The maximum Gasteiger partial charge on any atom is 0.126 e. The summed E-state index contributed by atoms with van der Waals surface area (Å²) in [5, 5.41) is 14.3. The highest BCUT2D eigenvalue weighted by Gasteiger charge is 2.33. The van der Waals surface area contributed by atoms with E-state index in [0.29, 0.717) is 0 Å². The van der Waals surface area contributed by atoms with Crippen LogP contribution in [0.1, 0.15) is 50.5 Å².